The van der Waals surface area contributed by atoms with E-state index in [1.54, 1.807) is 30.3 Å². The third-order valence-electron chi connectivity index (χ3n) is 3.55. The van der Waals surface area contributed by atoms with E-state index in [1.165, 1.54) is 6.21 Å². The first-order valence-electron chi connectivity index (χ1n) is 7.95. The lowest BCUT2D eigenvalue weighted by Crippen LogP contribution is -2.42. The van der Waals surface area contributed by atoms with Gasteiger partial charge in [-0.15, -0.1) is 0 Å². The van der Waals surface area contributed by atoms with E-state index in [9.17, 15) is 9.90 Å². The molecule has 3 rings (SSSR count). The van der Waals surface area contributed by atoms with E-state index in [4.69, 9.17) is 14.2 Å². The molecule has 7 nitrogen and oxygen atoms in total. The average Bonchev–Trinajstić information content (AvgIpc) is 2.65. The lowest BCUT2D eigenvalue weighted by atomic mass is 10.2. The second kappa shape index (κ2) is 8.26. The Morgan fingerprint density at radius 1 is 1.42 bits per heavy atom. The molecule has 8 heteroatoms. The van der Waals surface area contributed by atoms with Crippen LogP contribution in [0.2, 0.25) is 0 Å². The van der Waals surface area contributed by atoms with Crippen LogP contribution in [0.4, 0.5) is 0 Å². The highest BCUT2D eigenvalue weighted by molar-refractivity contribution is 14.1. The molecular weight excluding hydrogens is 451 g/mol. The summed E-state index contributed by atoms with van der Waals surface area (Å²) in [5, 5.41) is 14.1. The molecule has 1 amide bonds. The Bertz CT molecular complexity index is 840. The number of amides is 1. The summed E-state index contributed by atoms with van der Waals surface area (Å²) >= 11 is 2.11. The number of hydrogen-bond acceptors (Lipinski definition) is 6. The number of carbonyl (C=O) groups excluding carboxylic acids is 1. The molecule has 2 aromatic rings. The van der Waals surface area contributed by atoms with Gasteiger partial charge in [0.1, 0.15) is 6.61 Å². The molecular formula is C18H17IN2O5. The summed E-state index contributed by atoms with van der Waals surface area (Å²) in [6, 6.07) is 10.6. The number of hydrazone groups is 1. The third-order valence-corrected chi connectivity index (χ3v) is 4.17. The Morgan fingerprint density at radius 2 is 2.19 bits per heavy atom. The Hall–Kier alpha value is -2.49. The second-order valence-corrected chi connectivity index (χ2v) is 6.62. The number of nitrogens with one attached hydrogen (secondary N) is 1. The summed E-state index contributed by atoms with van der Waals surface area (Å²) in [6.07, 6.45) is 0.556. The fourth-order valence-electron chi connectivity index (χ4n) is 2.34. The highest BCUT2D eigenvalue weighted by Crippen LogP contribution is 2.32. The van der Waals surface area contributed by atoms with Crippen molar-refractivity contribution in [3.05, 3.63) is 45.5 Å². The zero-order valence-electron chi connectivity index (χ0n) is 13.9. The number of hydrogen-bond donors (Lipinski definition) is 2. The first-order valence-corrected chi connectivity index (χ1v) is 9.03. The van der Waals surface area contributed by atoms with E-state index in [2.05, 4.69) is 33.1 Å². The van der Waals surface area contributed by atoms with Crippen LogP contribution in [0.3, 0.4) is 0 Å². The zero-order valence-corrected chi connectivity index (χ0v) is 16.1. The number of aromatic hydroxyl groups is 1. The molecule has 1 aliphatic rings. The molecule has 136 valence electrons. The monoisotopic (exact) mass is 468 g/mol. The predicted molar refractivity (Wildman–Crippen MR) is 104 cm³/mol. The molecule has 0 saturated carbocycles. The number of phenols is 1. The number of fused-ring (bicyclic) bond motifs is 1. The Kier molecular flexibility index (Phi) is 5.82. The Labute approximate surface area is 164 Å². The number of benzene rings is 2. The minimum atomic E-state index is -0.800. The summed E-state index contributed by atoms with van der Waals surface area (Å²) < 4.78 is 17.4. The van der Waals surface area contributed by atoms with Crippen molar-refractivity contribution in [1.29, 1.82) is 0 Å². The van der Waals surface area contributed by atoms with Gasteiger partial charge in [-0.25, -0.2) is 5.43 Å². The van der Waals surface area contributed by atoms with Gasteiger partial charge >= 0.3 is 0 Å². The van der Waals surface area contributed by atoms with E-state index in [0.29, 0.717) is 29.4 Å². The van der Waals surface area contributed by atoms with E-state index < -0.39 is 12.0 Å². The van der Waals surface area contributed by atoms with Crippen LogP contribution >= 0.6 is 22.6 Å². The predicted octanol–water partition coefficient (Wildman–Crippen LogP) is 2.69. The quantitative estimate of drug-likeness (QED) is 0.400. The minimum Gasteiger partial charge on any atom is -0.504 e. The first kappa shape index (κ1) is 18.3. The van der Waals surface area contributed by atoms with Crippen LogP contribution in [-0.2, 0) is 4.79 Å². The molecule has 26 heavy (non-hydrogen) atoms. The van der Waals surface area contributed by atoms with Crippen molar-refractivity contribution in [3.63, 3.8) is 0 Å². The highest BCUT2D eigenvalue weighted by Gasteiger charge is 2.27. The van der Waals surface area contributed by atoms with Gasteiger partial charge in [0.15, 0.2) is 23.0 Å². The van der Waals surface area contributed by atoms with Gasteiger partial charge in [-0.05, 0) is 53.8 Å². The Morgan fingerprint density at radius 3 is 2.96 bits per heavy atom. The summed E-state index contributed by atoms with van der Waals surface area (Å²) in [6.45, 7) is 2.36. The maximum atomic E-state index is 12.2. The summed E-state index contributed by atoms with van der Waals surface area (Å²) in [4.78, 5) is 12.2. The zero-order chi connectivity index (χ0) is 18.5. The summed E-state index contributed by atoms with van der Waals surface area (Å²) in [7, 11) is 0. The second-order valence-electron chi connectivity index (χ2n) is 5.37. The van der Waals surface area contributed by atoms with Crippen molar-refractivity contribution >= 4 is 34.7 Å². The molecule has 0 unspecified atom stereocenters. The van der Waals surface area contributed by atoms with E-state index >= 15 is 0 Å². The van der Waals surface area contributed by atoms with Gasteiger partial charge in [0.25, 0.3) is 5.91 Å². The molecule has 0 saturated heterocycles. The number of carbonyl (C=O) groups is 1. The smallest absolute Gasteiger partial charge is 0.284 e. The lowest BCUT2D eigenvalue weighted by molar-refractivity contribution is -0.130. The van der Waals surface area contributed by atoms with Gasteiger partial charge in [0.05, 0.1) is 12.8 Å². The maximum Gasteiger partial charge on any atom is 0.284 e. The maximum absolute atomic E-state index is 12.2. The molecule has 0 bridgehead atoms. The van der Waals surface area contributed by atoms with Crippen LogP contribution in [0.15, 0.2) is 41.5 Å². The molecule has 0 spiro atoms. The van der Waals surface area contributed by atoms with Gasteiger partial charge in [0.2, 0.25) is 6.10 Å². The van der Waals surface area contributed by atoms with Gasteiger partial charge in [0, 0.05) is 9.13 Å². The van der Waals surface area contributed by atoms with E-state index in [-0.39, 0.29) is 12.4 Å². The molecule has 0 aromatic heterocycles. The van der Waals surface area contributed by atoms with Crippen molar-refractivity contribution < 1.29 is 24.1 Å². The van der Waals surface area contributed by atoms with Crippen LogP contribution in [0.25, 0.3) is 0 Å². The molecule has 2 N–H and O–H groups in total. The summed E-state index contributed by atoms with van der Waals surface area (Å²) in [5.74, 6) is 1.02. The first-order chi connectivity index (χ1) is 12.6. The van der Waals surface area contributed by atoms with E-state index in [0.717, 1.165) is 3.57 Å². The topological polar surface area (TPSA) is 89.4 Å². The number of rotatable bonds is 5. The molecule has 0 aliphatic carbocycles. The highest BCUT2D eigenvalue weighted by atomic mass is 127. The fraction of sp³-hybridized carbons (Fsp3) is 0.222. The number of ether oxygens (including phenoxy) is 3. The van der Waals surface area contributed by atoms with Crippen LogP contribution in [-0.4, -0.2) is 36.5 Å². The number of phenolic OH excluding ortho intramolecular Hbond substituents is 1. The van der Waals surface area contributed by atoms with Crippen molar-refractivity contribution in [2.45, 2.75) is 13.0 Å². The van der Waals surface area contributed by atoms with Gasteiger partial charge in [-0.1, -0.05) is 12.1 Å². The standard InChI is InChI=1S/C18H17IN2O5/c1-2-24-15-8-12(19)7-11(17(15)22)9-20-21-18(23)16-10-25-13-5-3-4-6-14(13)26-16/h3-9,16,22H,2,10H2,1H3,(H,21,23)/b20-9+/t16-/m0/s1. The molecule has 2 aromatic carbocycles. The molecule has 1 heterocycles. The van der Waals surface area contributed by atoms with Crippen molar-refractivity contribution in [3.8, 4) is 23.0 Å². The average molecular weight is 468 g/mol. The SMILES string of the molecule is CCOc1cc(I)cc(/C=N/NC(=O)[C@@H]2COc3ccccc3O2)c1O. The van der Waals surface area contributed by atoms with Crippen LogP contribution < -0.4 is 19.6 Å². The van der Waals surface area contributed by atoms with Crippen molar-refractivity contribution in [2.24, 2.45) is 5.10 Å². The minimum absolute atomic E-state index is 0.0311. The molecule has 0 radical (unpaired) electrons. The number of halogens is 1. The molecule has 0 fully saturated rings. The lowest BCUT2D eigenvalue weighted by Gasteiger charge is -2.24. The van der Waals surface area contributed by atoms with Crippen molar-refractivity contribution in [2.75, 3.05) is 13.2 Å². The number of nitrogens with zero attached hydrogens (tertiary/aromatic N) is 1. The van der Waals surface area contributed by atoms with Crippen molar-refractivity contribution in [1.82, 2.24) is 5.43 Å². The van der Waals surface area contributed by atoms with Gasteiger partial charge in [-0.3, -0.25) is 4.79 Å². The van der Waals surface area contributed by atoms with Crippen LogP contribution in [0.5, 0.6) is 23.0 Å². The normalized spacial score (nSPS) is 15.7. The molecule has 1 aliphatic heterocycles. The molecule has 1 atom stereocenters. The Balaban J connectivity index is 1.65. The van der Waals surface area contributed by atoms with Crippen LogP contribution in [0.1, 0.15) is 12.5 Å². The van der Waals surface area contributed by atoms with E-state index in [1.807, 2.05) is 13.0 Å². The van der Waals surface area contributed by atoms with Crippen LogP contribution in [0, 0.1) is 3.57 Å². The van der Waals surface area contributed by atoms with Gasteiger partial charge < -0.3 is 19.3 Å². The third kappa shape index (κ3) is 4.18. The van der Waals surface area contributed by atoms with Gasteiger partial charge in [-0.2, -0.15) is 5.10 Å². The fourth-order valence-corrected chi connectivity index (χ4v) is 2.96. The number of para-hydroxylation sites is 2. The summed E-state index contributed by atoms with van der Waals surface area (Å²) in [5.41, 5.74) is 2.84. The largest absolute Gasteiger partial charge is 0.504 e.